The Morgan fingerprint density at radius 1 is 1.30 bits per heavy atom. The fraction of sp³-hybridized carbons (Fsp3) is 0.375. The van der Waals surface area contributed by atoms with Crippen molar-refractivity contribution in [2.45, 2.75) is 31.4 Å². The molecule has 120 valence electrons. The van der Waals surface area contributed by atoms with Crippen LogP contribution in [0.2, 0.25) is 5.02 Å². The van der Waals surface area contributed by atoms with Crippen LogP contribution in [0.4, 0.5) is 23.7 Å². The summed E-state index contributed by atoms with van der Waals surface area (Å²) in [5.41, 5.74) is -3.29. The number of rotatable bonds is 0. The van der Waals surface area contributed by atoms with Crippen LogP contribution in [-0.4, -0.2) is 18.4 Å². The van der Waals surface area contributed by atoms with E-state index in [4.69, 9.17) is 11.6 Å². The van der Waals surface area contributed by atoms with Gasteiger partial charge in [-0.15, -0.1) is 0 Å². The van der Waals surface area contributed by atoms with E-state index in [0.717, 1.165) is 12.8 Å². The summed E-state index contributed by atoms with van der Waals surface area (Å²) in [5.74, 6) is 5.06. The molecule has 1 aliphatic heterocycles. The Bertz CT molecular complexity index is 772. The molecule has 0 unspecified atom stereocenters. The average Bonchev–Trinajstić information content (AvgIpc) is 3.19. The molecule has 0 aromatic heterocycles. The number of alkyl halides is 3. The topological polar surface area (TPSA) is 41.5 Å². The lowest BCUT2D eigenvalue weighted by molar-refractivity contribution is -0.152. The first kappa shape index (κ1) is 15.9. The number of amides is 2. The molecular formula is C16H12ClF3N2O. The van der Waals surface area contributed by atoms with Crippen molar-refractivity contribution < 1.29 is 18.0 Å². The van der Waals surface area contributed by atoms with Crippen molar-refractivity contribution in [1.82, 2.24) is 0 Å². The first-order valence-electron chi connectivity index (χ1n) is 6.93. The van der Waals surface area contributed by atoms with Crippen molar-refractivity contribution in [2.24, 2.45) is 10.4 Å². The van der Waals surface area contributed by atoms with Gasteiger partial charge in [-0.2, -0.15) is 13.2 Å². The molecule has 1 aliphatic carbocycles. The van der Waals surface area contributed by atoms with E-state index in [1.165, 1.54) is 18.2 Å². The van der Waals surface area contributed by atoms with Crippen LogP contribution in [0.3, 0.4) is 0 Å². The molecule has 1 atom stereocenters. The largest absolute Gasteiger partial charge is 0.414 e. The molecule has 1 aromatic rings. The molecule has 0 saturated heterocycles. The van der Waals surface area contributed by atoms with Gasteiger partial charge in [0.05, 0.1) is 0 Å². The van der Waals surface area contributed by atoms with Crippen LogP contribution >= 0.6 is 11.6 Å². The molecule has 1 N–H and O–H groups in total. The van der Waals surface area contributed by atoms with Gasteiger partial charge in [-0.3, -0.25) is 0 Å². The SMILES string of the molecule is CC1(C#C[C@@]2(C(F)(F)F)C=NC(=O)Nc3ccc(Cl)cc32)CC1. The van der Waals surface area contributed by atoms with Gasteiger partial charge in [0.1, 0.15) is 0 Å². The predicted octanol–water partition coefficient (Wildman–Crippen LogP) is 4.56. The summed E-state index contributed by atoms with van der Waals surface area (Å²) in [4.78, 5) is 15.0. The first-order chi connectivity index (χ1) is 10.7. The van der Waals surface area contributed by atoms with E-state index < -0.39 is 23.0 Å². The normalized spacial score (nSPS) is 24.8. The third-order valence-corrected chi connectivity index (χ3v) is 4.27. The maximum absolute atomic E-state index is 13.9. The Labute approximate surface area is 135 Å². The van der Waals surface area contributed by atoms with Crippen LogP contribution in [-0.2, 0) is 5.41 Å². The van der Waals surface area contributed by atoms with Crippen LogP contribution in [0.25, 0.3) is 0 Å². The van der Waals surface area contributed by atoms with Crippen LogP contribution < -0.4 is 5.32 Å². The van der Waals surface area contributed by atoms with Crippen molar-refractivity contribution in [3.05, 3.63) is 28.8 Å². The molecule has 0 radical (unpaired) electrons. The minimum absolute atomic E-state index is 0.00414. The average molecular weight is 341 g/mol. The quantitative estimate of drug-likeness (QED) is 0.691. The number of anilines is 1. The number of carbonyl (C=O) groups excluding carboxylic acids is 1. The third-order valence-electron chi connectivity index (χ3n) is 4.03. The number of hydrogen-bond donors (Lipinski definition) is 1. The second-order valence-corrected chi connectivity index (χ2v) is 6.43. The van der Waals surface area contributed by atoms with Gasteiger partial charge >= 0.3 is 12.2 Å². The van der Waals surface area contributed by atoms with Crippen LogP contribution in [0.15, 0.2) is 23.2 Å². The Morgan fingerprint density at radius 2 is 2.00 bits per heavy atom. The number of hydrogen-bond acceptors (Lipinski definition) is 1. The number of benzene rings is 1. The van der Waals surface area contributed by atoms with Crippen molar-refractivity contribution in [1.29, 1.82) is 0 Å². The number of nitrogens with zero attached hydrogens (tertiary/aromatic N) is 1. The van der Waals surface area contributed by atoms with E-state index in [0.29, 0.717) is 6.21 Å². The molecule has 7 heteroatoms. The molecule has 23 heavy (non-hydrogen) atoms. The minimum atomic E-state index is -4.75. The molecule has 2 aliphatic rings. The van der Waals surface area contributed by atoms with Crippen molar-refractivity contribution in [2.75, 3.05) is 5.32 Å². The molecule has 2 amide bonds. The zero-order valence-corrected chi connectivity index (χ0v) is 12.8. The lowest BCUT2D eigenvalue weighted by Gasteiger charge is -2.28. The maximum atomic E-state index is 13.9. The standard InChI is InChI=1S/C16H12ClF3N2O/c1-14(4-5-14)6-7-15(16(18,19)20)9-21-13(23)22-12-3-2-10(17)8-11(12)15/h2-3,8-9H,4-5H2,1H3,(H,22,23)/t15-/m1/s1. The molecule has 1 saturated carbocycles. The van der Waals surface area contributed by atoms with Crippen molar-refractivity contribution >= 4 is 29.5 Å². The summed E-state index contributed by atoms with van der Waals surface area (Å²) >= 11 is 5.87. The van der Waals surface area contributed by atoms with E-state index in [2.05, 4.69) is 22.2 Å². The van der Waals surface area contributed by atoms with Crippen molar-refractivity contribution in [3.8, 4) is 11.8 Å². The fourth-order valence-electron chi connectivity index (χ4n) is 2.28. The minimum Gasteiger partial charge on any atom is -0.306 e. The van der Waals surface area contributed by atoms with Gasteiger partial charge in [0.2, 0.25) is 0 Å². The highest BCUT2D eigenvalue weighted by Crippen LogP contribution is 2.47. The smallest absolute Gasteiger partial charge is 0.306 e. The predicted molar refractivity (Wildman–Crippen MR) is 81.8 cm³/mol. The van der Waals surface area contributed by atoms with Gasteiger partial charge < -0.3 is 5.32 Å². The Hall–Kier alpha value is -2.00. The number of aliphatic imine (C=N–C) groups is 1. The third kappa shape index (κ3) is 2.81. The van der Waals surface area contributed by atoms with Gasteiger partial charge in [0, 0.05) is 27.9 Å². The van der Waals surface area contributed by atoms with E-state index in [1.807, 2.05) is 0 Å². The summed E-state index contributed by atoms with van der Waals surface area (Å²) in [6.07, 6.45) is -2.67. The Balaban J connectivity index is 2.29. The second-order valence-electron chi connectivity index (χ2n) is 5.99. The van der Waals surface area contributed by atoms with Gasteiger partial charge in [-0.1, -0.05) is 23.4 Å². The summed E-state index contributed by atoms with van der Waals surface area (Å²) in [5, 5.41) is 2.45. The highest BCUT2D eigenvalue weighted by atomic mass is 35.5. The van der Waals surface area contributed by atoms with Crippen LogP contribution in [0, 0.1) is 17.3 Å². The second kappa shape index (κ2) is 5.00. The summed E-state index contributed by atoms with van der Waals surface area (Å²) in [6.45, 7) is 1.81. The monoisotopic (exact) mass is 340 g/mol. The molecule has 1 heterocycles. The zero-order valence-electron chi connectivity index (χ0n) is 12.1. The molecule has 3 nitrogen and oxygen atoms in total. The Kier molecular flexibility index (Phi) is 3.45. The maximum Gasteiger partial charge on any atom is 0.414 e. The zero-order chi connectivity index (χ0) is 16.9. The molecular weight excluding hydrogens is 329 g/mol. The molecule has 0 spiro atoms. The lowest BCUT2D eigenvalue weighted by atomic mass is 9.80. The fourth-order valence-corrected chi connectivity index (χ4v) is 2.45. The van der Waals surface area contributed by atoms with E-state index >= 15 is 0 Å². The van der Waals surface area contributed by atoms with Crippen LogP contribution in [0.5, 0.6) is 0 Å². The van der Waals surface area contributed by atoms with Gasteiger partial charge in [0.15, 0.2) is 5.41 Å². The highest BCUT2D eigenvalue weighted by molar-refractivity contribution is 6.30. The molecule has 0 bridgehead atoms. The number of fused-ring (bicyclic) bond motifs is 1. The van der Waals surface area contributed by atoms with Gasteiger partial charge in [0.25, 0.3) is 0 Å². The highest BCUT2D eigenvalue weighted by Gasteiger charge is 2.56. The number of halogens is 4. The summed E-state index contributed by atoms with van der Waals surface area (Å²) < 4.78 is 41.8. The number of nitrogens with one attached hydrogen (secondary N) is 1. The van der Waals surface area contributed by atoms with Crippen molar-refractivity contribution in [3.63, 3.8) is 0 Å². The number of carbonyl (C=O) groups is 1. The lowest BCUT2D eigenvalue weighted by Crippen LogP contribution is -2.43. The van der Waals surface area contributed by atoms with E-state index in [1.54, 1.807) is 6.92 Å². The van der Waals surface area contributed by atoms with Gasteiger partial charge in [-0.25, -0.2) is 9.79 Å². The summed E-state index contributed by atoms with van der Waals surface area (Å²) in [7, 11) is 0. The molecule has 1 aromatic carbocycles. The van der Waals surface area contributed by atoms with Gasteiger partial charge in [-0.05, 0) is 38.0 Å². The summed E-state index contributed by atoms with van der Waals surface area (Å²) in [6, 6.07) is 3.03. The first-order valence-corrected chi connectivity index (χ1v) is 7.30. The Morgan fingerprint density at radius 3 is 2.61 bits per heavy atom. The van der Waals surface area contributed by atoms with Crippen LogP contribution in [0.1, 0.15) is 25.3 Å². The van der Waals surface area contributed by atoms with E-state index in [9.17, 15) is 18.0 Å². The molecule has 3 rings (SSSR count). The van der Waals surface area contributed by atoms with E-state index in [-0.39, 0.29) is 16.3 Å². The number of urea groups is 1. The molecule has 1 fully saturated rings.